The van der Waals surface area contributed by atoms with Crippen molar-refractivity contribution in [1.82, 2.24) is 0 Å². The monoisotopic (exact) mass is 274 g/mol. The first kappa shape index (κ1) is 11.1. The van der Waals surface area contributed by atoms with Gasteiger partial charge in [0.05, 0.1) is 5.41 Å². The first-order valence-corrected chi connectivity index (χ1v) is 6.29. The summed E-state index contributed by atoms with van der Waals surface area (Å²) in [6.45, 7) is 3.86. The zero-order chi connectivity index (χ0) is 11.5. The Labute approximate surface area is 97.4 Å². The number of hydrogen-bond donors (Lipinski definition) is 1. The van der Waals surface area contributed by atoms with Crippen LogP contribution in [-0.2, 0) is 9.59 Å². The fraction of sp³-hybridized carbons (Fsp3) is 0.818. The van der Waals surface area contributed by atoms with E-state index in [1.807, 2.05) is 13.8 Å². The van der Waals surface area contributed by atoms with Gasteiger partial charge in [-0.25, -0.2) is 0 Å². The van der Waals surface area contributed by atoms with Crippen LogP contribution in [0.3, 0.4) is 0 Å². The molecule has 84 valence electrons. The molecule has 2 fully saturated rings. The highest BCUT2D eigenvalue weighted by Gasteiger charge is 2.74. The summed E-state index contributed by atoms with van der Waals surface area (Å²) >= 11 is 3.40. The molecule has 0 aromatic heterocycles. The van der Waals surface area contributed by atoms with Gasteiger partial charge in [0.1, 0.15) is 5.78 Å². The third kappa shape index (κ3) is 0.924. The molecule has 15 heavy (non-hydrogen) atoms. The molecule has 3 nitrogen and oxygen atoms in total. The molecule has 2 rings (SSSR count). The summed E-state index contributed by atoms with van der Waals surface area (Å²) in [5, 5.41) is 9.97. The first-order chi connectivity index (χ1) is 6.84. The number of halogens is 1. The summed E-state index contributed by atoms with van der Waals surface area (Å²) < 4.78 is 0. The molecule has 0 amide bonds. The summed E-state index contributed by atoms with van der Waals surface area (Å²) in [5.74, 6) is -0.681. The smallest absolute Gasteiger partial charge is 0.310 e. The lowest BCUT2D eigenvalue weighted by Crippen LogP contribution is -2.42. The highest BCUT2D eigenvalue weighted by molar-refractivity contribution is 9.09. The van der Waals surface area contributed by atoms with Crippen LogP contribution in [0.25, 0.3) is 0 Å². The van der Waals surface area contributed by atoms with Crippen LogP contribution in [-0.4, -0.2) is 22.2 Å². The Morgan fingerprint density at radius 2 is 2.07 bits per heavy atom. The fourth-order valence-electron chi connectivity index (χ4n) is 3.51. The minimum atomic E-state index is -0.822. The Hall–Kier alpha value is -0.380. The van der Waals surface area contributed by atoms with E-state index in [1.54, 1.807) is 0 Å². The second kappa shape index (κ2) is 2.84. The minimum absolute atomic E-state index is 0.123. The summed E-state index contributed by atoms with van der Waals surface area (Å²) in [4.78, 5) is 23.5. The van der Waals surface area contributed by atoms with Crippen LogP contribution in [0.5, 0.6) is 0 Å². The van der Waals surface area contributed by atoms with Crippen molar-refractivity contribution in [2.45, 2.75) is 33.1 Å². The topological polar surface area (TPSA) is 54.4 Å². The third-order valence-corrected chi connectivity index (χ3v) is 5.96. The average molecular weight is 275 g/mol. The van der Waals surface area contributed by atoms with E-state index in [1.165, 1.54) is 0 Å². The van der Waals surface area contributed by atoms with Crippen LogP contribution < -0.4 is 0 Å². The van der Waals surface area contributed by atoms with Crippen molar-refractivity contribution in [3.05, 3.63) is 0 Å². The van der Waals surface area contributed by atoms with Crippen LogP contribution >= 0.6 is 15.9 Å². The van der Waals surface area contributed by atoms with Gasteiger partial charge in [0, 0.05) is 17.2 Å². The van der Waals surface area contributed by atoms with Gasteiger partial charge in [-0.2, -0.15) is 0 Å². The summed E-state index contributed by atoms with van der Waals surface area (Å²) in [6, 6.07) is 0. The van der Waals surface area contributed by atoms with Gasteiger partial charge in [0.25, 0.3) is 0 Å². The largest absolute Gasteiger partial charge is 0.481 e. The molecule has 0 radical (unpaired) electrons. The number of carbonyl (C=O) groups is 2. The van der Waals surface area contributed by atoms with E-state index in [2.05, 4.69) is 15.9 Å². The number of carboxylic acid groups (broad SMARTS) is 1. The Morgan fingerprint density at radius 3 is 2.33 bits per heavy atom. The van der Waals surface area contributed by atoms with Crippen molar-refractivity contribution in [3.8, 4) is 0 Å². The van der Waals surface area contributed by atoms with Gasteiger partial charge < -0.3 is 5.11 Å². The van der Waals surface area contributed by atoms with E-state index in [-0.39, 0.29) is 12.2 Å². The molecule has 0 aliphatic heterocycles. The Kier molecular flexibility index (Phi) is 2.11. The number of rotatable bonds is 2. The van der Waals surface area contributed by atoms with Crippen molar-refractivity contribution >= 4 is 27.7 Å². The lowest BCUT2D eigenvalue weighted by molar-refractivity contribution is -0.154. The minimum Gasteiger partial charge on any atom is -0.481 e. The molecular weight excluding hydrogens is 260 g/mol. The number of carbonyl (C=O) groups excluding carboxylic acids is 1. The number of Topliss-reactive ketones (excluding diaryl/α,β-unsaturated/α-hetero) is 1. The molecule has 2 aliphatic carbocycles. The number of hydrogen-bond acceptors (Lipinski definition) is 2. The molecule has 0 unspecified atom stereocenters. The maximum absolute atomic E-state index is 12.0. The number of ketones is 1. The molecule has 0 heterocycles. The maximum atomic E-state index is 12.0. The van der Waals surface area contributed by atoms with E-state index < -0.39 is 22.2 Å². The van der Waals surface area contributed by atoms with Crippen LogP contribution in [0, 0.1) is 16.2 Å². The molecular formula is C11H15BrO3. The highest BCUT2D eigenvalue weighted by atomic mass is 79.9. The van der Waals surface area contributed by atoms with Gasteiger partial charge in [-0.05, 0) is 18.3 Å². The van der Waals surface area contributed by atoms with Gasteiger partial charge in [-0.3, -0.25) is 9.59 Å². The third-order valence-electron chi connectivity index (χ3n) is 5.00. The SMILES string of the molecule is CC1(C)[C@@]2(C(=O)O)CC[C@@]1(CBr)C(=O)C2. The van der Waals surface area contributed by atoms with Crippen LogP contribution in [0.15, 0.2) is 0 Å². The van der Waals surface area contributed by atoms with Crippen molar-refractivity contribution in [2.24, 2.45) is 16.2 Å². The molecule has 0 aromatic rings. The Morgan fingerprint density at radius 1 is 1.47 bits per heavy atom. The second-order valence-corrected chi connectivity index (χ2v) is 5.89. The Balaban J connectivity index is 2.59. The van der Waals surface area contributed by atoms with E-state index in [0.717, 1.165) is 0 Å². The molecule has 2 saturated carbocycles. The van der Waals surface area contributed by atoms with E-state index in [0.29, 0.717) is 18.2 Å². The lowest BCUT2D eigenvalue weighted by Gasteiger charge is -2.38. The normalized spacial score (nSPS) is 42.2. The first-order valence-electron chi connectivity index (χ1n) is 5.17. The van der Waals surface area contributed by atoms with Gasteiger partial charge in [0.2, 0.25) is 0 Å². The highest BCUT2D eigenvalue weighted by Crippen LogP contribution is 2.71. The van der Waals surface area contributed by atoms with Crippen molar-refractivity contribution in [3.63, 3.8) is 0 Å². The Bertz CT molecular complexity index is 350. The molecule has 1 N–H and O–H groups in total. The zero-order valence-corrected chi connectivity index (χ0v) is 10.6. The summed E-state index contributed by atoms with van der Waals surface area (Å²) in [7, 11) is 0. The molecule has 2 aliphatic rings. The van der Waals surface area contributed by atoms with E-state index in [4.69, 9.17) is 0 Å². The van der Waals surface area contributed by atoms with Crippen LogP contribution in [0.2, 0.25) is 0 Å². The standard InChI is InChI=1S/C11H15BrO3/c1-9(2)10(8(14)15)3-4-11(9,6-12)7(13)5-10/h3-6H2,1-2H3,(H,14,15)/t10-,11+/m0/s1. The molecule has 0 saturated heterocycles. The molecule has 2 bridgehead atoms. The maximum Gasteiger partial charge on any atom is 0.310 e. The van der Waals surface area contributed by atoms with Gasteiger partial charge in [-0.15, -0.1) is 0 Å². The molecule has 0 aromatic carbocycles. The predicted molar refractivity (Wildman–Crippen MR) is 58.9 cm³/mol. The second-order valence-electron chi connectivity index (χ2n) is 5.33. The van der Waals surface area contributed by atoms with E-state index in [9.17, 15) is 14.7 Å². The van der Waals surface area contributed by atoms with Crippen molar-refractivity contribution < 1.29 is 14.7 Å². The number of alkyl halides is 1. The average Bonchev–Trinajstić information content (AvgIpc) is 2.47. The number of fused-ring (bicyclic) bond motifs is 2. The van der Waals surface area contributed by atoms with Gasteiger partial charge in [-0.1, -0.05) is 29.8 Å². The summed E-state index contributed by atoms with van der Waals surface area (Å²) in [5.41, 5.74) is -1.71. The summed E-state index contributed by atoms with van der Waals surface area (Å²) in [6.07, 6.45) is 1.55. The lowest BCUT2D eigenvalue weighted by atomic mass is 9.65. The van der Waals surface area contributed by atoms with Gasteiger partial charge in [0.15, 0.2) is 0 Å². The van der Waals surface area contributed by atoms with Crippen molar-refractivity contribution in [2.75, 3.05) is 5.33 Å². The van der Waals surface area contributed by atoms with Crippen LogP contribution in [0.4, 0.5) is 0 Å². The number of carboxylic acids is 1. The quantitative estimate of drug-likeness (QED) is 0.786. The zero-order valence-electron chi connectivity index (χ0n) is 8.97. The molecule has 4 heteroatoms. The number of aliphatic carboxylic acids is 1. The van der Waals surface area contributed by atoms with Crippen molar-refractivity contribution in [1.29, 1.82) is 0 Å². The fourth-order valence-corrected chi connectivity index (χ4v) is 4.80. The van der Waals surface area contributed by atoms with E-state index >= 15 is 0 Å². The molecule has 2 atom stereocenters. The van der Waals surface area contributed by atoms with Crippen LogP contribution in [0.1, 0.15) is 33.1 Å². The predicted octanol–water partition coefficient (Wildman–Crippen LogP) is 2.23. The molecule has 0 spiro atoms. The van der Waals surface area contributed by atoms with Gasteiger partial charge >= 0.3 is 5.97 Å².